The van der Waals surface area contributed by atoms with Crippen molar-refractivity contribution in [3.63, 3.8) is 0 Å². The number of ether oxygens (including phenoxy) is 1. The molecule has 2 fully saturated rings. The van der Waals surface area contributed by atoms with Crippen LogP contribution in [0.15, 0.2) is 36.4 Å². The minimum absolute atomic E-state index is 0.671. The summed E-state index contributed by atoms with van der Waals surface area (Å²) in [5.41, 5.74) is 1.53. The fourth-order valence-corrected chi connectivity index (χ4v) is 4.23. The maximum Gasteiger partial charge on any atom is 0.134 e. The number of fused-ring (bicyclic) bond motifs is 1. The Morgan fingerprint density at radius 1 is 0.806 bits per heavy atom. The lowest BCUT2D eigenvalue weighted by atomic mass is 10.1. The van der Waals surface area contributed by atoms with Gasteiger partial charge in [0.15, 0.2) is 0 Å². The Kier molecular flexibility index (Phi) is 5.26. The second-order valence-electron chi connectivity index (χ2n) is 7.86. The number of anilines is 3. The Bertz CT molecular complexity index is 1130. The average molecular weight is 416 g/mol. The van der Waals surface area contributed by atoms with Gasteiger partial charge in [0.2, 0.25) is 0 Å². The van der Waals surface area contributed by atoms with E-state index in [2.05, 4.69) is 31.8 Å². The number of aryl methyl sites for hydroxylation is 1. The van der Waals surface area contributed by atoms with E-state index >= 15 is 0 Å². The smallest absolute Gasteiger partial charge is 0.134 e. The molecule has 0 radical (unpaired) electrons. The molecule has 3 aromatic rings. The molecule has 2 aliphatic heterocycles. The number of hydrogen-bond acceptors (Lipinski definition) is 8. The van der Waals surface area contributed by atoms with Crippen molar-refractivity contribution in [3.8, 4) is 6.07 Å². The van der Waals surface area contributed by atoms with Crippen molar-refractivity contribution in [1.29, 1.82) is 5.26 Å². The van der Waals surface area contributed by atoms with E-state index in [4.69, 9.17) is 14.7 Å². The van der Waals surface area contributed by atoms with Crippen molar-refractivity contribution >= 4 is 28.4 Å². The lowest BCUT2D eigenvalue weighted by Crippen LogP contribution is -2.47. The first kappa shape index (κ1) is 19.5. The molecule has 158 valence electrons. The fourth-order valence-electron chi connectivity index (χ4n) is 4.23. The lowest BCUT2D eigenvalue weighted by molar-refractivity contribution is 0.122. The molecule has 0 bridgehead atoms. The number of rotatable bonds is 3. The van der Waals surface area contributed by atoms with Crippen molar-refractivity contribution in [2.75, 3.05) is 67.2 Å². The van der Waals surface area contributed by atoms with E-state index in [0.29, 0.717) is 5.56 Å². The Balaban J connectivity index is 1.33. The molecule has 0 unspecified atom stereocenters. The molecule has 0 amide bonds. The minimum Gasteiger partial charge on any atom is -0.378 e. The van der Waals surface area contributed by atoms with E-state index < -0.39 is 0 Å². The van der Waals surface area contributed by atoms with Crippen LogP contribution in [0.1, 0.15) is 11.4 Å². The van der Waals surface area contributed by atoms with Crippen molar-refractivity contribution < 1.29 is 4.74 Å². The average Bonchev–Trinajstić information content (AvgIpc) is 2.83. The van der Waals surface area contributed by atoms with Crippen LogP contribution in [-0.4, -0.2) is 67.4 Å². The van der Waals surface area contributed by atoms with Crippen LogP contribution in [0.5, 0.6) is 0 Å². The van der Waals surface area contributed by atoms with Gasteiger partial charge in [0.05, 0.1) is 30.4 Å². The van der Waals surface area contributed by atoms with Gasteiger partial charge in [-0.1, -0.05) is 18.2 Å². The summed E-state index contributed by atoms with van der Waals surface area (Å²) in [7, 11) is 0. The molecule has 4 heterocycles. The van der Waals surface area contributed by atoms with Crippen molar-refractivity contribution in [1.82, 2.24) is 15.0 Å². The molecule has 8 heteroatoms. The van der Waals surface area contributed by atoms with Crippen LogP contribution in [0.25, 0.3) is 10.9 Å². The summed E-state index contributed by atoms with van der Waals surface area (Å²) in [6, 6.07) is 14.1. The third-order valence-corrected chi connectivity index (χ3v) is 5.90. The highest BCUT2D eigenvalue weighted by Crippen LogP contribution is 2.25. The van der Waals surface area contributed by atoms with Gasteiger partial charge >= 0.3 is 0 Å². The van der Waals surface area contributed by atoms with Crippen LogP contribution in [0, 0.1) is 18.3 Å². The zero-order valence-electron chi connectivity index (χ0n) is 17.7. The normalized spacial score (nSPS) is 17.1. The van der Waals surface area contributed by atoms with Gasteiger partial charge in [-0.3, -0.25) is 0 Å². The van der Waals surface area contributed by atoms with Crippen molar-refractivity contribution in [2.45, 2.75) is 6.92 Å². The molecule has 2 saturated heterocycles. The third kappa shape index (κ3) is 3.97. The molecule has 0 aliphatic carbocycles. The van der Waals surface area contributed by atoms with Gasteiger partial charge in [-0.15, -0.1) is 0 Å². The zero-order chi connectivity index (χ0) is 21.2. The van der Waals surface area contributed by atoms with Crippen molar-refractivity contribution in [2.24, 2.45) is 0 Å². The van der Waals surface area contributed by atoms with E-state index in [-0.39, 0.29) is 0 Å². The number of piperazine rings is 1. The van der Waals surface area contributed by atoms with Gasteiger partial charge < -0.3 is 19.4 Å². The van der Waals surface area contributed by atoms with E-state index in [9.17, 15) is 5.26 Å². The molecule has 1 aromatic carbocycles. The molecule has 0 atom stereocenters. The Morgan fingerprint density at radius 2 is 1.39 bits per heavy atom. The Hall–Kier alpha value is -3.44. The van der Waals surface area contributed by atoms with Crippen molar-refractivity contribution in [3.05, 3.63) is 47.8 Å². The molecule has 2 aliphatic rings. The molecular weight excluding hydrogens is 390 g/mol. The lowest BCUT2D eigenvalue weighted by Gasteiger charge is -2.36. The predicted octanol–water partition coefficient (Wildman–Crippen LogP) is 2.37. The number of benzene rings is 1. The standard InChI is InChI=1S/C23H25N7O/c1-17-25-22(15-23(26-17)30-10-12-31-13-11-30)29-8-6-28(7-9-29)21-14-18(16-24)19-4-2-3-5-20(19)27-21/h2-5,14-15H,6-13H2,1H3. The number of hydrogen-bond donors (Lipinski definition) is 0. The number of nitrogens with zero attached hydrogens (tertiary/aromatic N) is 7. The number of nitriles is 1. The predicted molar refractivity (Wildman–Crippen MR) is 121 cm³/mol. The third-order valence-electron chi connectivity index (χ3n) is 5.90. The maximum atomic E-state index is 9.58. The topological polar surface area (TPSA) is 81.4 Å². The van der Waals surface area contributed by atoms with E-state index in [1.54, 1.807) is 0 Å². The van der Waals surface area contributed by atoms with Gasteiger partial charge in [-0.25, -0.2) is 15.0 Å². The Labute approximate surface area is 181 Å². The van der Waals surface area contributed by atoms with E-state index in [0.717, 1.165) is 86.7 Å². The quantitative estimate of drug-likeness (QED) is 0.645. The monoisotopic (exact) mass is 415 g/mol. The highest BCUT2D eigenvalue weighted by atomic mass is 16.5. The highest BCUT2D eigenvalue weighted by molar-refractivity contribution is 5.86. The van der Waals surface area contributed by atoms with Crippen LogP contribution < -0.4 is 14.7 Å². The highest BCUT2D eigenvalue weighted by Gasteiger charge is 2.22. The number of pyridine rings is 1. The molecular formula is C23H25N7O. The van der Waals surface area contributed by atoms with Crippen LogP contribution in [0.4, 0.5) is 17.5 Å². The maximum absolute atomic E-state index is 9.58. The van der Waals surface area contributed by atoms with Gasteiger partial charge in [0.1, 0.15) is 23.3 Å². The molecule has 2 aromatic heterocycles. The summed E-state index contributed by atoms with van der Waals surface area (Å²) < 4.78 is 5.47. The second-order valence-corrected chi connectivity index (χ2v) is 7.86. The summed E-state index contributed by atoms with van der Waals surface area (Å²) in [5.74, 6) is 3.60. The summed E-state index contributed by atoms with van der Waals surface area (Å²) in [4.78, 5) is 21.0. The van der Waals surface area contributed by atoms with Gasteiger partial charge in [-0.2, -0.15) is 5.26 Å². The first-order valence-electron chi connectivity index (χ1n) is 10.7. The number of morpholine rings is 1. The molecule has 5 rings (SSSR count). The summed E-state index contributed by atoms with van der Waals surface area (Å²) in [6.45, 7) is 8.48. The summed E-state index contributed by atoms with van der Waals surface area (Å²) in [6.07, 6.45) is 0. The van der Waals surface area contributed by atoms with E-state index in [1.165, 1.54) is 0 Å². The first-order chi connectivity index (χ1) is 15.2. The zero-order valence-corrected chi connectivity index (χ0v) is 17.7. The van der Waals surface area contributed by atoms with Crippen LogP contribution in [0.3, 0.4) is 0 Å². The molecule has 8 nitrogen and oxygen atoms in total. The summed E-state index contributed by atoms with van der Waals surface area (Å²) in [5, 5.41) is 10.5. The number of para-hydroxylation sites is 1. The first-order valence-corrected chi connectivity index (χ1v) is 10.7. The largest absolute Gasteiger partial charge is 0.378 e. The van der Waals surface area contributed by atoms with Gasteiger partial charge in [-0.05, 0) is 19.1 Å². The number of aromatic nitrogens is 3. The summed E-state index contributed by atoms with van der Waals surface area (Å²) >= 11 is 0. The van der Waals surface area contributed by atoms with Gasteiger partial charge in [0.25, 0.3) is 0 Å². The van der Waals surface area contributed by atoms with Crippen LogP contribution in [0.2, 0.25) is 0 Å². The second kappa shape index (κ2) is 8.36. The van der Waals surface area contributed by atoms with Crippen LogP contribution in [-0.2, 0) is 4.74 Å². The SMILES string of the molecule is Cc1nc(N2CCOCC2)cc(N2CCN(c3cc(C#N)c4ccccc4n3)CC2)n1. The minimum atomic E-state index is 0.671. The Morgan fingerprint density at radius 3 is 2.03 bits per heavy atom. The van der Waals surface area contributed by atoms with Gasteiger partial charge in [0, 0.05) is 50.7 Å². The molecule has 0 saturated carbocycles. The van der Waals surface area contributed by atoms with E-state index in [1.807, 2.05) is 37.3 Å². The molecule has 0 N–H and O–H groups in total. The molecule has 31 heavy (non-hydrogen) atoms. The van der Waals surface area contributed by atoms with Crippen LogP contribution >= 0.6 is 0 Å². The fraction of sp³-hybridized carbons (Fsp3) is 0.391. The molecule has 0 spiro atoms.